The second-order valence-corrected chi connectivity index (χ2v) is 8.04. The van der Waals surface area contributed by atoms with E-state index in [2.05, 4.69) is 26.0 Å². The molecule has 1 saturated carbocycles. The maximum absolute atomic E-state index is 10.4. The van der Waals surface area contributed by atoms with Crippen molar-refractivity contribution in [3.8, 4) is 0 Å². The summed E-state index contributed by atoms with van der Waals surface area (Å²) in [5.41, 5.74) is 3.11. The maximum Gasteiger partial charge on any atom is 0.0926 e. The van der Waals surface area contributed by atoms with E-state index in [0.29, 0.717) is 17.6 Å². The van der Waals surface area contributed by atoms with Gasteiger partial charge >= 0.3 is 0 Å². The number of aliphatic hydroxyl groups excluding tert-OH is 2. The lowest BCUT2D eigenvalue weighted by molar-refractivity contribution is 0.0170. The quantitative estimate of drug-likeness (QED) is 0.652. The first-order chi connectivity index (χ1) is 9.95. The van der Waals surface area contributed by atoms with E-state index < -0.39 is 0 Å². The Bertz CT molecular complexity index is 570. The maximum atomic E-state index is 10.4. The van der Waals surface area contributed by atoms with E-state index >= 15 is 0 Å². The molecule has 5 atom stereocenters. The molecule has 1 fully saturated rings. The molecular weight excluding hydrogens is 260 g/mol. The summed E-state index contributed by atoms with van der Waals surface area (Å²) in [5, 5.41) is 20.3. The zero-order chi connectivity index (χ0) is 14.8. The summed E-state index contributed by atoms with van der Waals surface area (Å²) in [5.74, 6) is 1.76. The van der Waals surface area contributed by atoms with Gasteiger partial charge in [-0.15, -0.1) is 0 Å². The molecule has 21 heavy (non-hydrogen) atoms. The van der Waals surface area contributed by atoms with Gasteiger partial charge in [0.1, 0.15) is 0 Å². The van der Waals surface area contributed by atoms with Crippen molar-refractivity contribution >= 4 is 0 Å². The first kappa shape index (κ1) is 13.6. The lowest BCUT2D eigenvalue weighted by atomic mass is 9.53. The summed E-state index contributed by atoms with van der Waals surface area (Å²) < 4.78 is 0. The number of aliphatic hydroxyl groups is 2. The Hall–Kier alpha value is -1.02. The summed E-state index contributed by atoms with van der Waals surface area (Å²) >= 11 is 0. The second kappa shape index (κ2) is 4.25. The third kappa shape index (κ3) is 1.69. The van der Waals surface area contributed by atoms with Crippen LogP contribution in [0, 0.1) is 22.7 Å². The fourth-order valence-corrected chi connectivity index (χ4v) is 5.60. The minimum atomic E-state index is -0.131. The highest BCUT2D eigenvalue weighted by atomic mass is 16.3. The van der Waals surface area contributed by atoms with Crippen LogP contribution in [0.15, 0.2) is 35.1 Å². The Morgan fingerprint density at radius 1 is 1.19 bits per heavy atom. The molecule has 0 aromatic heterocycles. The first-order valence-corrected chi connectivity index (χ1v) is 8.44. The summed E-state index contributed by atoms with van der Waals surface area (Å²) in [7, 11) is 0. The normalized spacial score (nSPS) is 48.5. The molecule has 4 aliphatic carbocycles. The topological polar surface area (TPSA) is 40.5 Å². The number of hydrogen-bond donors (Lipinski definition) is 2. The third-order valence-electron chi connectivity index (χ3n) is 7.08. The van der Waals surface area contributed by atoms with Crippen molar-refractivity contribution in [3.05, 3.63) is 35.1 Å². The van der Waals surface area contributed by atoms with Crippen molar-refractivity contribution in [3.63, 3.8) is 0 Å². The van der Waals surface area contributed by atoms with Gasteiger partial charge in [0.05, 0.1) is 11.9 Å². The minimum absolute atomic E-state index is 0.0858. The molecule has 0 amide bonds. The molecule has 2 N–H and O–H groups in total. The minimum Gasteiger partial charge on any atom is -0.512 e. The molecule has 4 rings (SSSR count). The van der Waals surface area contributed by atoms with Crippen LogP contribution in [0.2, 0.25) is 0 Å². The van der Waals surface area contributed by atoms with E-state index in [1.54, 1.807) is 5.57 Å². The average molecular weight is 286 g/mol. The molecule has 0 aliphatic heterocycles. The molecular formula is C19H26O2. The van der Waals surface area contributed by atoms with Crippen LogP contribution >= 0.6 is 0 Å². The van der Waals surface area contributed by atoms with Crippen molar-refractivity contribution in [1.29, 1.82) is 0 Å². The van der Waals surface area contributed by atoms with Crippen molar-refractivity contribution in [2.24, 2.45) is 22.7 Å². The van der Waals surface area contributed by atoms with Gasteiger partial charge in [-0.25, -0.2) is 0 Å². The zero-order valence-electron chi connectivity index (χ0n) is 13.1. The van der Waals surface area contributed by atoms with E-state index in [9.17, 15) is 10.2 Å². The molecule has 4 aliphatic rings. The molecule has 0 spiro atoms. The summed E-state index contributed by atoms with van der Waals surface area (Å²) in [6.07, 6.45) is 12.7. The molecule has 0 radical (unpaired) electrons. The van der Waals surface area contributed by atoms with E-state index in [4.69, 9.17) is 0 Å². The molecule has 0 saturated heterocycles. The van der Waals surface area contributed by atoms with Gasteiger partial charge in [0.25, 0.3) is 0 Å². The molecule has 2 heteroatoms. The average Bonchev–Trinajstić information content (AvgIpc) is 2.76. The summed E-state index contributed by atoms with van der Waals surface area (Å²) in [6, 6.07) is 0. The van der Waals surface area contributed by atoms with Gasteiger partial charge in [-0.05, 0) is 55.6 Å². The molecule has 0 bridgehead atoms. The van der Waals surface area contributed by atoms with Crippen LogP contribution in [0.4, 0.5) is 0 Å². The predicted molar refractivity (Wildman–Crippen MR) is 83.8 cm³/mol. The van der Waals surface area contributed by atoms with Gasteiger partial charge in [-0.3, -0.25) is 0 Å². The monoisotopic (exact) mass is 286 g/mol. The number of allylic oxidation sites excluding steroid dienone is 6. The van der Waals surface area contributed by atoms with Crippen LogP contribution in [0.5, 0.6) is 0 Å². The summed E-state index contributed by atoms with van der Waals surface area (Å²) in [6.45, 7) is 4.64. The second-order valence-electron chi connectivity index (χ2n) is 8.04. The largest absolute Gasteiger partial charge is 0.512 e. The Morgan fingerprint density at radius 3 is 2.81 bits per heavy atom. The molecule has 0 unspecified atom stereocenters. The van der Waals surface area contributed by atoms with E-state index in [1.165, 1.54) is 12.0 Å². The highest BCUT2D eigenvalue weighted by Gasteiger charge is 2.54. The van der Waals surface area contributed by atoms with Gasteiger partial charge in [0.15, 0.2) is 0 Å². The number of fused-ring (bicyclic) bond motifs is 5. The fourth-order valence-electron chi connectivity index (χ4n) is 5.60. The lowest BCUT2D eigenvalue weighted by Gasteiger charge is -2.51. The van der Waals surface area contributed by atoms with Crippen molar-refractivity contribution in [2.75, 3.05) is 0 Å². The van der Waals surface area contributed by atoms with Gasteiger partial charge in [-0.2, -0.15) is 0 Å². The zero-order valence-corrected chi connectivity index (χ0v) is 13.1. The number of rotatable bonds is 0. The first-order valence-electron chi connectivity index (χ1n) is 8.44. The molecule has 114 valence electrons. The van der Waals surface area contributed by atoms with Gasteiger partial charge in [0.2, 0.25) is 0 Å². The highest BCUT2D eigenvalue weighted by Crippen LogP contribution is 2.62. The predicted octanol–water partition coefficient (Wildman–Crippen LogP) is 4.28. The van der Waals surface area contributed by atoms with Crippen LogP contribution in [0.3, 0.4) is 0 Å². The van der Waals surface area contributed by atoms with E-state index in [-0.39, 0.29) is 16.9 Å². The van der Waals surface area contributed by atoms with Gasteiger partial charge in [0, 0.05) is 17.3 Å². The SMILES string of the molecule is C[C@]12CCC(O)=CC1=CC[C@@H]1C2=CC[C@]2(C)[C@H](O)CC[C@@H]12. The van der Waals surface area contributed by atoms with E-state index in [1.807, 2.05) is 6.08 Å². The van der Waals surface area contributed by atoms with Crippen LogP contribution < -0.4 is 0 Å². The van der Waals surface area contributed by atoms with Gasteiger partial charge in [-0.1, -0.05) is 31.6 Å². The Labute approximate surface area is 127 Å². The van der Waals surface area contributed by atoms with E-state index in [0.717, 1.165) is 32.1 Å². The van der Waals surface area contributed by atoms with Crippen molar-refractivity contribution < 1.29 is 10.2 Å². The molecule has 2 nitrogen and oxygen atoms in total. The number of hydrogen-bond acceptors (Lipinski definition) is 2. The summed E-state index contributed by atoms with van der Waals surface area (Å²) in [4.78, 5) is 0. The van der Waals surface area contributed by atoms with Gasteiger partial charge < -0.3 is 10.2 Å². The molecule has 0 aromatic carbocycles. The highest BCUT2D eigenvalue weighted by molar-refractivity contribution is 5.45. The third-order valence-corrected chi connectivity index (χ3v) is 7.08. The van der Waals surface area contributed by atoms with Crippen LogP contribution in [0.25, 0.3) is 0 Å². The lowest BCUT2D eigenvalue weighted by Crippen LogP contribution is -2.44. The van der Waals surface area contributed by atoms with Crippen LogP contribution in [-0.2, 0) is 0 Å². The molecule has 0 heterocycles. The molecule has 0 aromatic rings. The van der Waals surface area contributed by atoms with Crippen LogP contribution in [-0.4, -0.2) is 16.3 Å². The Kier molecular flexibility index (Phi) is 2.76. The Balaban J connectivity index is 1.78. The standard InChI is InChI=1S/C19H26O2/c1-18-9-7-13(20)11-12(18)3-4-14-15-5-6-17(21)19(15,2)10-8-16(14)18/h3,8,11,14-15,17,20-21H,4-7,9-10H2,1-2H3/t14-,15-,17+,18-,19-/m0/s1. The fraction of sp³-hybridized carbons (Fsp3) is 0.684. The van der Waals surface area contributed by atoms with Crippen LogP contribution in [0.1, 0.15) is 52.4 Å². The smallest absolute Gasteiger partial charge is 0.0926 e. The van der Waals surface area contributed by atoms with Crippen molar-refractivity contribution in [1.82, 2.24) is 0 Å². The Morgan fingerprint density at radius 2 is 2.00 bits per heavy atom. The van der Waals surface area contributed by atoms with Crippen molar-refractivity contribution in [2.45, 2.75) is 58.5 Å².